The molecule has 1 N–H and O–H groups in total. The summed E-state index contributed by atoms with van der Waals surface area (Å²) in [6.07, 6.45) is 0.500. The number of rotatable bonds is 8. The summed E-state index contributed by atoms with van der Waals surface area (Å²) in [5.41, 5.74) is 1.45. The molecule has 2 rings (SSSR count). The van der Waals surface area contributed by atoms with Gasteiger partial charge >= 0.3 is 0 Å². The minimum Gasteiger partial charge on any atom is -0.497 e. The number of halogens is 2. The minimum atomic E-state index is -0.596. The molecule has 0 aliphatic carbocycles. The first-order valence-corrected chi connectivity index (χ1v) is 9.73. The Morgan fingerprint density at radius 1 is 1.11 bits per heavy atom. The molecule has 7 heteroatoms. The molecule has 0 bridgehead atoms. The van der Waals surface area contributed by atoms with E-state index in [1.807, 2.05) is 31.2 Å². The Morgan fingerprint density at radius 2 is 1.71 bits per heavy atom. The Labute approximate surface area is 175 Å². The number of carbonyl (C=O) groups is 2. The fraction of sp³-hybridized carbons (Fsp3) is 0.333. The third-order valence-corrected chi connectivity index (χ3v) is 5.24. The zero-order chi connectivity index (χ0) is 20.7. The molecular weight excluding hydrogens is 399 g/mol. The molecule has 28 heavy (non-hydrogen) atoms. The molecule has 0 aliphatic heterocycles. The summed E-state index contributed by atoms with van der Waals surface area (Å²) in [5, 5.41) is 3.49. The molecule has 0 spiro atoms. The van der Waals surface area contributed by atoms with Crippen molar-refractivity contribution in [3.63, 3.8) is 0 Å². The van der Waals surface area contributed by atoms with E-state index in [1.54, 1.807) is 37.3 Å². The highest BCUT2D eigenvalue weighted by Crippen LogP contribution is 2.26. The third-order valence-electron chi connectivity index (χ3n) is 4.53. The van der Waals surface area contributed by atoms with Gasteiger partial charge in [-0.05, 0) is 41.8 Å². The third kappa shape index (κ3) is 5.40. The normalized spacial score (nSPS) is 11.6. The second-order valence-electron chi connectivity index (χ2n) is 6.29. The molecule has 2 aromatic carbocycles. The van der Waals surface area contributed by atoms with E-state index in [9.17, 15) is 9.59 Å². The van der Waals surface area contributed by atoms with Gasteiger partial charge in [-0.3, -0.25) is 9.59 Å². The Morgan fingerprint density at radius 3 is 2.21 bits per heavy atom. The summed E-state index contributed by atoms with van der Waals surface area (Å²) >= 11 is 12.5. The fourth-order valence-electron chi connectivity index (χ4n) is 2.97. The van der Waals surface area contributed by atoms with Crippen LogP contribution in [0.15, 0.2) is 42.5 Å². The van der Waals surface area contributed by atoms with Crippen LogP contribution in [0, 0.1) is 0 Å². The van der Waals surface area contributed by atoms with Crippen LogP contribution in [0.1, 0.15) is 24.5 Å². The van der Waals surface area contributed by atoms with E-state index >= 15 is 0 Å². The number of methoxy groups -OCH3 is 1. The van der Waals surface area contributed by atoms with Crippen molar-refractivity contribution in [2.24, 2.45) is 0 Å². The number of likely N-dealkylation sites (N-methyl/N-ethyl adjacent to an activating group) is 1. The summed E-state index contributed by atoms with van der Waals surface area (Å²) < 4.78 is 5.18. The lowest BCUT2D eigenvalue weighted by molar-refractivity contribution is -0.140. The SMILES string of the molecule is CC[C@@H](C(=O)NC)N(Cc1ccc(OC)cc1)C(=O)Cc1c(Cl)cccc1Cl. The summed E-state index contributed by atoms with van der Waals surface area (Å²) in [7, 11) is 3.16. The predicted molar refractivity (Wildman–Crippen MR) is 112 cm³/mol. The van der Waals surface area contributed by atoms with Crippen molar-refractivity contribution in [1.82, 2.24) is 10.2 Å². The number of amides is 2. The van der Waals surface area contributed by atoms with Gasteiger partial charge in [0.15, 0.2) is 0 Å². The lowest BCUT2D eigenvalue weighted by Gasteiger charge is -2.30. The van der Waals surface area contributed by atoms with Gasteiger partial charge < -0.3 is 15.0 Å². The van der Waals surface area contributed by atoms with Gasteiger partial charge in [-0.25, -0.2) is 0 Å². The fourth-order valence-corrected chi connectivity index (χ4v) is 3.50. The number of ether oxygens (including phenoxy) is 1. The molecule has 1 atom stereocenters. The summed E-state index contributed by atoms with van der Waals surface area (Å²) in [5.74, 6) is 0.290. The van der Waals surface area contributed by atoms with Crippen LogP contribution < -0.4 is 10.1 Å². The summed E-state index contributed by atoms with van der Waals surface area (Å²) in [6.45, 7) is 2.16. The zero-order valence-electron chi connectivity index (χ0n) is 16.2. The van der Waals surface area contributed by atoms with Crippen LogP contribution >= 0.6 is 23.2 Å². The monoisotopic (exact) mass is 422 g/mol. The van der Waals surface area contributed by atoms with Crippen LogP contribution in [0.25, 0.3) is 0 Å². The second-order valence-corrected chi connectivity index (χ2v) is 7.10. The lowest BCUT2D eigenvalue weighted by atomic mass is 10.1. The smallest absolute Gasteiger partial charge is 0.242 e. The molecule has 0 aromatic heterocycles. The first kappa shape index (κ1) is 22.1. The first-order valence-electron chi connectivity index (χ1n) is 8.98. The van der Waals surface area contributed by atoms with Gasteiger partial charge in [0.1, 0.15) is 11.8 Å². The number of nitrogens with zero attached hydrogens (tertiary/aromatic N) is 1. The largest absolute Gasteiger partial charge is 0.497 e. The second kappa shape index (κ2) is 10.3. The highest BCUT2D eigenvalue weighted by atomic mass is 35.5. The Kier molecular flexibility index (Phi) is 8.15. The molecule has 5 nitrogen and oxygen atoms in total. The van der Waals surface area contributed by atoms with E-state index in [4.69, 9.17) is 27.9 Å². The van der Waals surface area contributed by atoms with E-state index < -0.39 is 6.04 Å². The molecule has 0 radical (unpaired) electrons. The molecule has 0 saturated carbocycles. The molecule has 150 valence electrons. The topological polar surface area (TPSA) is 58.6 Å². The lowest BCUT2D eigenvalue weighted by Crippen LogP contribution is -2.48. The van der Waals surface area contributed by atoms with Gasteiger partial charge in [0.25, 0.3) is 0 Å². The quantitative estimate of drug-likeness (QED) is 0.696. The van der Waals surface area contributed by atoms with E-state index in [-0.39, 0.29) is 24.8 Å². The van der Waals surface area contributed by atoms with Crippen molar-refractivity contribution in [2.45, 2.75) is 32.4 Å². The van der Waals surface area contributed by atoms with E-state index in [2.05, 4.69) is 5.32 Å². The maximum Gasteiger partial charge on any atom is 0.242 e. The summed E-state index contributed by atoms with van der Waals surface area (Å²) in [6, 6.07) is 11.9. The van der Waals surface area contributed by atoms with Crippen LogP contribution in [0.5, 0.6) is 5.75 Å². The van der Waals surface area contributed by atoms with Gasteiger partial charge in [0.05, 0.1) is 13.5 Å². The standard InChI is InChI=1S/C21H24Cl2N2O3/c1-4-19(21(27)24-2)25(13-14-8-10-15(28-3)11-9-14)20(26)12-16-17(22)6-5-7-18(16)23/h5-11,19H,4,12-13H2,1-3H3,(H,24,27)/t19-/m0/s1. The molecule has 0 unspecified atom stereocenters. The van der Waals surface area contributed by atoms with Crippen LogP contribution in [0.4, 0.5) is 0 Å². The van der Waals surface area contributed by atoms with Gasteiger partial charge in [-0.2, -0.15) is 0 Å². The van der Waals surface area contributed by atoms with E-state index in [0.717, 1.165) is 11.3 Å². The van der Waals surface area contributed by atoms with Crippen LogP contribution in [0.2, 0.25) is 10.0 Å². The molecule has 2 aromatic rings. The average Bonchev–Trinajstić information content (AvgIpc) is 2.70. The molecule has 0 aliphatic rings. The zero-order valence-corrected chi connectivity index (χ0v) is 17.7. The molecule has 2 amide bonds. The number of hydrogen-bond donors (Lipinski definition) is 1. The van der Waals surface area contributed by atoms with Crippen LogP contribution in [-0.2, 0) is 22.6 Å². The van der Waals surface area contributed by atoms with Crippen LogP contribution in [-0.4, -0.2) is 36.9 Å². The number of carbonyl (C=O) groups excluding carboxylic acids is 2. The maximum absolute atomic E-state index is 13.2. The van der Waals surface area contributed by atoms with Crippen molar-refractivity contribution in [2.75, 3.05) is 14.2 Å². The van der Waals surface area contributed by atoms with Gasteiger partial charge in [0, 0.05) is 23.6 Å². The minimum absolute atomic E-state index is 0.0160. The van der Waals surface area contributed by atoms with Crippen molar-refractivity contribution in [1.29, 1.82) is 0 Å². The maximum atomic E-state index is 13.2. The molecule has 0 saturated heterocycles. The average molecular weight is 423 g/mol. The number of hydrogen-bond acceptors (Lipinski definition) is 3. The van der Waals surface area contributed by atoms with Crippen LogP contribution in [0.3, 0.4) is 0 Å². The Hall–Kier alpha value is -2.24. The van der Waals surface area contributed by atoms with E-state index in [1.165, 1.54) is 0 Å². The van der Waals surface area contributed by atoms with Crippen molar-refractivity contribution >= 4 is 35.0 Å². The summed E-state index contributed by atoms with van der Waals surface area (Å²) in [4.78, 5) is 27.1. The predicted octanol–water partition coefficient (Wildman–Crippen LogP) is 4.10. The van der Waals surface area contributed by atoms with Crippen molar-refractivity contribution in [3.8, 4) is 5.75 Å². The van der Waals surface area contributed by atoms with Crippen molar-refractivity contribution < 1.29 is 14.3 Å². The first-order chi connectivity index (χ1) is 13.4. The Balaban J connectivity index is 2.33. The highest BCUT2D eigenvalue weighted by Gasteiger charge is 2.28. The van der Waals surface area contributed by atoms with Crippen molar-refractivity contribution in [3.05, 3.63) is 63.6 Å². The van der Waals surface area contributed by atoms with Gasteiger partial charge in [-0.1, -0.05) is 48.3 Å². The highest BCUT2D eigenvalue weighted by molar-refractivity contribution is 6.36. The molecular formula is C21H24Cl2N2O3. The Bertz CT molecular complexity index is 805. The number of benzene rings is 2. The van der Waals surface area contributed by atoms with Gasteiger partial charge in [-0.15, -0.1) is 0 Å². The molecule has 0 fully saturated rings. The van der Waals surface area contributed by atoms with E-state index in [0.29, 0.717) is 22.0 Å². The van der Waals surface area contributed by atoms with Gasteiger partial charge in [0.2, 0.25) is 11.8 Å². The molecule has 0 heterocycles. The number of nitrogens with one attached hydrogen (secondary N) is 1.